The lowest BCUT2D eigenvalue weighted by molar-refractivity contribution is -0.123. The van der Waals surface area contributed by atoms with Crippen LogP contribution >= 0.6 is 11.8 Å². The summed E-state index contributed by atoms with van der Waals surface area (Å²) in [6, 6.07) is 18.4. The third-order valence-electron chi connectivity index (χ3n) is 5.97. The number of carbonyl (C=O) groups is 3. The Bertz CT molecular complexity index is 1420. The van der Waals surface area contributed by atoms with Gasteiger partial charge in [0.1, 0.15) is 12.4 Å². The predicted molar refractivity (Wildman–Crippen MR) is 152 cm³/mol. The first kappa shape index (κ1) is 27.8. The number of rotatable bonds is 10. The molecular formula is C30H30N2O6S. The molecule has 1 fully saturated rings. The van der Waals surface area contributed by atoms with Gasteiger partial charge in [0.25, 0.3) is 17.1 Å². The van der Waals surface area contributed by atoms with E-state index in [1.165, 1.54) is 12.0 Å². The monoisotopic (exact) mass is 546 g/mol. The highest BCUT2D eigenvalue weighted by Crippen LogP contribution is 2.34. The summed E-state index contributed by atoms with van der Waals surface area (Å²) in [4.78, 5) is 39.2. The molecule has 1 aliphatic heterocycles. The summed E-state index contributed by atoms with van der Waals surface area (Å²) in [6.07, 6.45) is 1.63. The predicted octanol–water partition coefficient (Wildman–Crippen LogP) is 5.75. The number of imide groups is 1. The van der Waals surface area contributed by atoms with Gasteiger partial charge in [-0.2, -0.15) is 0 Å². The zero-order chi connectivity index (χ0) is 27.9. The topological polar surface area (TPSA) is 94.2 Å². The molecule has 0 radical (unpaired) electrons. The lowest BCUT2D eigenvalue weighted by Gasteiger charge is -2.14. The average molecular weight is 547 g/mol. The van der Waals surface area contributed by atoms with Crippen molar-refractivity contribution in [3.05, 3.63) is 87.8 Å². The molecule has 0 atom stereocenters. The van der Waals surface area contributed by atoms with E-state index >= 15 is 0 Å². The van der Waals surface area contributed by atoms with E-state index in [1.54, 1.807) is 24.3 Å². The number of anilines is 1. The van der Waals surface area contributed by atoms with E-state index in [0.717, 1.165) is 34.2 Å². The van der Waals surface area contributed by atoms with E-state index in [0.29, 0.717) is 27.7 Å². The summed E-state index contributed by atoms with van der Waals surface area (Å²) in [7, 11) is 1.49. The van der Waals surface area contributed by atoms with Crippen molar-refractivity contribution >= 4 is 40.6 Å². The average Bonchev–Trinajstić information content (AvgIpc) is 3.18. The summed E-state index contributed by atoms with van der Waals surface area (Å²) in [5.74, 6) is 0.833. The summed E-state index contributed by atoms with van der Waals surface area (Å²) in [5.41, 5.74) is 4.49. The van der Waals surface area contributed by atoms with E-state index in [-0.39, 0.29) is 36.8 Å². The van der Waals surface area contributed by atoms with E-state index < -0.39 is 0 Å². The summed E-state index contributed by atoms with van der Waals surface area (Å²) in [5, 5.41) is 2.43. The lowest BCUT2D eigenvalue weighted by Crippen LogP contribution is -2.32. The van der Waals surface area contributed by atoms with Gasteiger partial charge in [0.15, 0.2) is 18.1 Å². The van der Waals surface area contributed by atoms with Crippen LogP contribution in [-0.2, 0) is 9.59 Å². The highest BCUT2D eigenvalue weighted by molar-refractivity contribution is 8.18. The Balaban J connectivity index is 1.35. The van der Waals surface area contributed by atoms with Crippen LogP contribution in [0.4, 0.5) is 10.5 Å². The molecule has 1 N–H and O–H groups in total. The van der Waals surface area contributed by atoms with E-state index in [9.17, 15) is 14.4 Å². The van der Waals surface area contributed by atoms with Gasteiger partial charge in [0, 0.05) is 5.69 Å². The molecule has 0 aromatic heterocycles. The molecule has 1 saturated heterocycles. The van der Waals surface area contributed by atoms with Crippen molar-refractivity contribution in [2.75, 3.05) is 32.2 Å². The first-order valence-electron chi connectivity index (χ1n) is 12.4. The number of carbonyl (C=O) groups excluding carboxylic acids is 3. The Kier molecular flexibility index (Phi) is 8.93. The first-order chi connectivity index (χ1) is 18.7. The molecule has 0 bridgehead atoms. The zero-order valence-electron chi connectivity index (χ0n) is 22.3. The van der Waals surface area contributed by atoms with Gasteiger partial charge in [-0.1, -0.05) is 35.9 Å². The van der Waals surface area contributed by atoms with Crippen LogP contribution in [0.5, 0.6) is 17.2 Å². The number of amides is 3. The molecule has 3 amide bonds. The number of nitrogens with one attached hydrogen (secondary N) is 1. The van der Waals surface area contributed by atoms with Gasteiger partial charge in [-0.3, -0.25) is 19.3 Å². The summed E-state index contributed by atoms with van der Waals surface area (Å²) >= 11 is 0.880. The van der Waals surface area contributed by atoms with Crippen LogP contribution in [0.1, 0.15) is 22.3 Å². The maximum absolute atomic E-state index is 12.9. The van der Waals surface area contributed by atoms with Gasteiger partial charge >= 0.3 is 0 Å². The number of aryl methyl sites for hydroxylation is 3. The molecule has 3 aromatic rings. The molecule has 1 aliphatic rings. The van der Waals surface area contributed by atoms with Crippen LogP contribution in [0.15, 0.2) is 65.6 Å². The van der Waals surface area contributed by atoms with Crippen molar-refractivity contribution in [2.24, 2.45) is 0 Å². The number of thioether (sulfide) groups is 1. The largest absolute Gasteiger partial charge is 0.493 e. The van der Waals surface area contributed by atoms with Crippen LogP contribution in [-0.4, -0.2) is 48.8 Å². The highest BCUT2D eigenvalue weighted by Gasteiger charge is 2.34. The normalized spacial score (nSPS) is 14.1. The Morgan fingerprint density at radius 1 is 0.897 bits per heavy atom. The molecule has 39 heavy (non-hydrogen) atoms. The van der Waals surface area contributed by atoms with Crippen molar-refractivity contribution in [3.8, 4) is 17.2 Å². The minimum absolute atomic E-state index is 0.149. The van der Waals surface area contributed by atoms with Gasteiger partial charge < -0.3 is 19.5 Å². The smallest absolute Gasteiger partial charge is 0.293 e. The number of hydrogen-bond donors (Lipinski definition) is 1. The Morgan fingerprint density at radius 2 is 1.64 bits per heavy atom. The van der Waals surface area contributed by atoms with Crippen molar-refractivity contribution in [3.63, 3.8) is 0 Å². The van der Waals surface area contributed by atoms with Crippen molar-refractivity contribution in [1.82, 2.24) is 4.90 Å². The molecule has 0 saturated carbocycles. The molecule has 0 spiro atoms. The second-order valence-electron chi connectivity index (χ2n) is 9.06. The number of hydrogen-bond acceptors (Lipinski definition) is 7. The van der Waals surface area contributed by atoms with Crippen molar-refractivity contribution in [2.45, 2.75) is 20.8 Å². The standard InChI is InChI=1S/C30H30N2O6S/c1-19-6-10-23(11-7-19)31-28(33)18-38-24-12-9-22(16-26(24)36-4)17-27-29(34)32(30(35)39-27)13-14-37-25-15-20(2)5-8-21(25)3/h5-12,15-17H,13-14,18H2,1-4H3,(H,31,33)/b27-17-. The second kappa shape index (κ2) is 12.5. The fourth-order valence-corrected chi connectivity index (χ4v) is 4.69. The van der Waals surface area contributed by atoms with Crippen LogP contribution in [0.3, 0.4) is 0 Å². The SMILES string of the molecule is COc1cc(/C=C2\SC(=O)N(CCOc3cc(C)ccc3C)C2=O)ccc1OCC(=O)Nc1ccc(C)cc1. The molecule has 0 unspecified atom stereocenters. The van der Waals surface area contributed by atoms with Crippen molar-refractivity contribution in [1.29, 1.82) is 0 Å². The van der Waals surface area contributed by atoms with Gasteiger partial charge in [0.05, 0.1) is 18.6 Å². The molecule has 9 heteroatoms. The highest BCUT2D eigenvalue weighted by atomic mass is 32.2. The fourth-order valence-electron chi connectivity index (χ4n) is 3.82. The molecule has 1 heterocycles. The third-order valence-corrected chi connectivity index (χ3v) is 6.88. The summed E-state index contributed by atoms with van der Waals surface area (Å²) < 4.78 is 16.9. The lowest BCUT2D eigenvalue weighted by atomic mass is 10.1. The van der Waals surface area contributed by atoms with Crippen molar-refractivity contribution < 1.29 is 28.6 Å². The molecular weight excluding hydrogens is 516 g/mol. The van der Waals surface area contributed by atoms with E-state index in [2.05, 4.69) is 5.32 Å². The number of methoxy groups -OCH3 is 1. The van der Waals surface area contributed by atoms with Gasteiger partial charge in [-0.15, -0.1) is 0 Å². The van der Waals surface area contributed by atoms with E-state index in [4.69, 9.17) is 14.2 Å². The van der Waals surface area contributed by atoms with Gasteiger partial charge in [-0.05, 0) is 85.6 Å². The maximum atomic E-state index is 12.9. The zero-order valence-corrected chi connectivity index (χ0v) is 23.1. The Hall–Kier alpha value is -4.24. The number of benzene rings is 3. The third kappa shape index (κ3) is 7.20. The number of nitrogens with zero attached hydrogens (tertiary/aromatic N) is 1. The van der Waals surface area contributed by atoms with Crippen LogP contribution in [0.2, 0.25) is 0 Å². The maximum Gasteiger partial charge on any atom is 0.293 e. The van der Waals surface area contributed by atoms with E-state index in [1.807, 2.05) is 63.2 Å². The minimum atomic E-state index is -0.373. The molecule has 3 aromatic carbocycles. The van der Waals surface area contributed by atoms with Gasteiger partial charge in [-0.25, -0.2) is 0 Å². The first-order valence-corrected chi connectivity index (χ1v) is 13.2. The molecule has 8 nitrogen and oxygen atoms in total. The molecule has 4 rings (SSSR count). The molecule has 0 aliphatic carbocycles. The Morgan fingerprint density at radius 3 is 2.38 bits per heavy atom. The van der Waals surface area contributed by atoms with Crippen LogP contribution in [0, 0.1) is 20.8 Å². The fraction of sp³-hybridized carbons (Fsp3) is 0.233. The summed E-state index contributed by atoms with van der Waals surface area (Å²) in [6.45, 7) is 6.04. The second-order valence-corrected chi connectivity index (χ2v) is 10.1. The minimum Gasteiger partial charge on any atom is -0.493 e. The van der Waals surface area contributed by atoms with Crippen LogP contribution in [0.25, 0.3) is 6.08 Å². The van der Waals surface area contributed by atoms with Crippen LogP contribution < -0.4 is 19.5 Å². The molecule has 202 valence electrons. The van der Waals surface area contributed by atoms with Gasteiger partial charge in [0.2, 0.25) is 0 Å². The Labute approximate surface area is 231 Å². The number of ether oxygens (including phenoxy) is 3. The quantitative estimate of drug-likeness (QED) is 0.324.